The molecule has 0 radical (unpaired) electrons. The molecule has 2 N–H and O–H groups in total. The van der Waals surface area contributed by atoms with Crippen LogP contribution in [0.1, 0.15) is 37.9 Å². The fourth-order valence-corrected chi connectivity index (χ4v) is 6.10. The minimum atomic E-state index is -0.194. The van der Waals surface area contributed by atoms with Gasteiger partial charge >= 0.3 is 0 Å². The summed E-state index contributed by atoms with van der Waals surface area (Å²) in [5, 5.41) is 7.84. The van der Waals surface area contributed by atoms with Crippen molar-refractivity contribution in [2.75, 3.05) is 25.0 Å². The lowest BCUT2D eigenvalue weighted by Crippen LogP contribution is -2.61. The summed E-state index contributed by atoms with van der Waals surface area (Å²) in [4.78, 5) is 29.8. The zero-order chi connectivity index (χ0) is 22.5. The standard InChI is InChI=1S/C24H29N7O2/c1-12(31-10-15-6-16(11-31)33-15)23(32)30(3)14-5-18-21(25-9-14)27-22(26-18)20-17-4-13-7-24(13,2)8-19(17)28-29-20/h5,9,12-13,15-16H,4,6-8,10-11H2,1-3H3,(H,28,29)(H,25,26,27)/t12-,13-,15?,16?,24-/m1/s1. The molecule has 0 aromatic carbocycles. The van der Waals surface area contributed by atoms with Gasteiger partial charge in [0.05, 0.1) is 35.7 Å². The molecule has 3 aliphatic heterocycles. The van der Waals surface area contributed by atoms with Gasteiger partial charge in [-0.15, -0.1) is 0 Å². The Bertz CT molecular complexity index is 1270. The van der Waals surface area contributed by atoms with Gasteiger partial charge < -0.3 is 14.6 Å². The Labute approximate surface area is 191 Å². The summed E-state index contributed by atoms with van der Waals surface area (Å²) < 4.78 is 5.71. The van der Waals surface area contributed by atoms with E-state index >= 15 is 0 Å². The third kappa shape index (κ3) is 2.98. The highest BCUT2D eigenvalue weighted by atomic mass is 16.5. The molecule has 3 saturated heterocycles. The van der Waals surface area contributed by atoms with E-state index in [0.717, 1.165) is 61.0 Å². The van der Waals surface area contributed by atoms with Gasteiger partial charge in [-0.25, -0.2) is 9.97 Å². The largest absolute Gasteiger partial charge is 0.372 e. The number of hydrogen-bond donors (Lipinski definition) is 2. The molecule has 8 rings (SSSR count). The highest BCUT2D eigenvalue weighted by molar-refractivity contribution is 5.97. The van der Waals surface area contributed by atoms with Crippen molar-refractivity contribution in [3.05, 3.63) is 23.5 Å². The van der Waals surface area contributed by atoms with Crippen LogP contribution in [0.5, 0.6) is 0 Å². The van der Waals surface area contributed by atoms with E-state index < -0.39 is 0 Å². The number of likely N-dealkylation sites (N-methyl/N-ethyl adjacent to an activating group) is 1. The van der Waals surface area contributed by atoms with Gasteiger partial charge in [0.2, 0.25) is 5.91 Å². The summed E-state index contributed by atoms with van der Waals surface area (Å²) in [7, 11) is 1.82. The number of aromatic nitrogens is 5. The molecular weight excluding hydrogens is 418 g/mol. The number of imidazole rings is 1. The summed E-state index contributed by atoms with van der Waals surface area (Å²) in [6, 6.07) is 1.76. The van der Waals surface area contributed by atoms with E-state index in [1.165, 1.54) is 17.7 Å². The van der Waals surface area contributed by atoms with Crippen LogP contribution in [-0.2, 0) is 22.4 Å². The van der Waals surface area contributed by atoms with Gasteiger partial charge in [-0.05, 0) is 43.6 Å². The Kier molecular flexibility index (Phi) is 3.95. The Morgan fingerprint density at radius 1 is 1.36 bits per heavy atom. The van der Waals surface area contributed by atoms with Gasteiger partial charge in [-0.3, -0.25) is 14.8 Å². The molecule has 4 fully saturated rings. The van der Waals surface area contributed by atoms with Gasteiger partial charge in [0.1, 0.15) is 5.69 Å². The lowest BCUT2D eigenvalue weighted by Gasteiger charge is -2.48. The minimum Gasteiger partial charge on any atom is -0.372 e. The van der Waals surface area contributed by atoms with E-state index in [0.29, 0.717) is 11.1 Å². The van der Waals surface area contributed by atoms with Crippen molar-refractivity contribution in [1.82, 2.24) is 30.0 Å². The molecule has 3 aromatic heterocycles. The first-order valence-electron chi connectivity index (χ1n) is 12.0. The Morgan fingerprint density at radius 3 is 2.94 bits per heavy atom. The Balaban J connectivity index is 1.14. The molecule has 9 heteroatoms. The Morgan fingerprint density at radius 2 is 2.15 bits per heavy atom. The number of ether oxygens (including phenoxy) is 1. The van der Waals surface area contributed by atoms with Gasteiger partial charge in [0.15, 0.2) is 11.5 Å². The van der Waals surface area contributed by atoms with Crippen LogP contribution in [-0.4, -0.2) is 74.3 Å². The molecule has 1 saturated carbocycles. The predicted molar refractivity (Wildman–Crippen MR) is 123 cm³/mol. The van der Waals surface area contributed by atoms with E-state index in [2.05, 4.69) is 32.0 Å². The molecule has 0 spiro atoms. The Hall–Kier alpha value is -2.78. The first-order valence-corrected chi connectivity index (χ1v) is 12.0. The molecule has 1 amide bonds. The van der Waals surface area contributed by atoms with E-state index in [4.69, 9.17) is 9.72 Å². The fraction of sp³-hybridized carbons (Fsp3) is 0.583. The lowest BCUT2D eigenvalue weighted by molar-refractivity contribution is -0.187. The molecule has 9 nitrogen and oxygen atoms in total. The number of aromatic amines is 2. The van der Waals surface area contributed by atoms with Crippen molar-refractivity contribution in [3.63, 3.8) is 0 Å². The second-order valence-electron chi connectivity index (χ2n) is 10.8. The highest BCUT2D eigenvalue weighted by Crippen LogP contribution is 2.59. The molecule has 2 bridgehead atoms. The highest BCUT2D eigenvalue weighted by Gasteiger charge is 2.53. The SMILES string of the molecule is C[C@H](C(=O)N(C)c1cnc2nc(-c3n[nH]c4c3C[C@@H]3C[C@]3(C)C4)[nH]c2c1)N1CC2CC(C1)O2. The van der Waals surface area contributed by atoms with Crippen LogP contribution in [0, 0.1) is 11.3 Å². The van der Waals surface area contributed by atoms with Crippen LogP contribution in [0.2, 0.25) is 0 Å². The van der Waals surface area contributed by atoms with Gasteiger partial charge in [0.25, 0.3) is 0 Å². The van der Waals surface area contributed by atoms with Crippen LogP contribution >= 0.6 is 0 Å². The summed E-state index contributed by atoms with van der Waals surface area (Å²) in [5.74, 6) is 1.56. The van der Waals surface area contributed by atoms with E-state index in [1.54, 1.807) is 11.1 Å². The maximum atomic E-state index is 13.2. The molecular formula is C24H29N7O2. The van der Waals surface area contributed by atoms with Crippen molar-refractivity contribution >= 4 is 22.8 Å². The summed E-state index contributed by atoms with van der Waals surface area (Å²) >= 11 is 0. The number of rotatable bonds is 4. The van der Waals surface area contributed by atoms with Crippen LogP contribution in [0.25, 0.3) is 22.7 Å². The van der Waals surface area contributed by atoms with Gasteiger partial charge in [0, 0.05) is 37.8 Å². The normalized spacial score (nSPS) is 30.9. The van der Waals surface area contributed by atoms with Crippen LogP contribution < -0.4 is 4.90 Å². The molecule has 5 atom stereocenters. The maximum absolute atomic E-state index is 13.2. The number of fused-ring (bicyclic) bond motifs is 5. The lowest BCUT2D eigenvalue weighted by atomic mass is 9.88. The third-order valence-corrected chi connectivity index (χ3v) is 8.48. The number of hydrogen-bond acceptors (Lipinski definition) is 6. The quantitative estimate of drug-likeness (QED) is 0.636. The topological polar surface area (TPSA) is 103 Å². The first kappa shape index (κ1) is 19.7. The van der Waals surface area contributed by atoms with Gasteiger partial charge in [-0.1, -0.05) is 6.92 Å². The average molecular weight is 448 g/mol. The van der Waals surface area contributed by atoms with Crippen molar-refractivity contribution in [1.29, 1.82) is 0 Å². The second kappa shape index (κ2) is 6.64. The maximum Gasteiger partial charge on any atom is 0.243 e. The smallest absolute Gasteiger partial charge is 0.243 e. The van der Waals surface area contributed by atoms with Crippen LogP contribution in [0.15, 0.2) is 12.3 Å². The van der Waals surface area contributed by atoms with Crippen LogP contribution in [0.4, 0.5) is 5.69 Å². The van der Waals surface area contributed by atoms with Crippen molar-refractivity contribution in [2.24, 2.45) is 11.3 Å². The first-order chi connectivity index (χ1) is 15.9. The number of anilines is 1. The number of carbonyl (C=O) groups is 1. The van der Waals surface area contributed by atoms with E-state index in [1.807, 2.05) is 20.0 Å². The zero-order valence-corrected chi connectivity index (χ0v) is 19.3. The molecule has 3 aromatic rings. The van der Waals surface area contributed by atoms with Crippen molar-refractivity contribution in [2.45, 2.75) is 57.8 Å². The number of morpholine rings is 1. The third-order valence-electron chi connectivity index (χ3n) is 8.48. The molecule has 2 aliphatic carbocycles. The zero-order valence-electron chi connectivity index (χ0n) is 19.3. The van der Waals surface area contributed by atoms with Gasteiger partial charge in [-0.2, -0.15) is 5.10 Å². The number of piperidine rings is 1. The van der Waals surface area contributed by atoms with E-state index in [-0.39, 0.29) is 24.2 Å². The number of carbonyl (C=O) groups excluding carboxylic acids is 1. The monoisotopic (exact) mass is 447 g/mol. The fourth-order valence-electron chi connectivity index (χ4n) is 6.10. The molecule has 172 valence electrons. The van der Waals surface area contributed by atoms with Crippen molar-refractivity contribution in [3.8, 4) is 11.5 Å². The molecule has 6 heterocycles. The molecule has 5 aliphatic rings. The molecule has 33 heavy (non-hydrogen) atoms. The molecule has 2 unspecified atom stereocenters. The summed E-state index contributed by atoms with van der Waals surface area (Å²) in [6.45, 7) is 6.00. The number of nitrogens with zero attached hydrogens (tertiary/aromatic N) is 5. The minimum absolute atomic E-state index is 0.0612. The number of pyridine rings is 1. The van der Waals surface area contributed by atoms with Crippen molar-refractivity contribution < 1.29 is 9.53 Å². The predicted octanol–water partition coefficient (Wildman–Crippen LogP) is 2.30. The summed E-state index contributed by atoms with van der Waals surface area (Å²) in [5.41, 5.74) is 6.10. The number of nitrogens with one attached hydrogen (secondary N) is 2. The van der Waals surface area contributed by atoms with Crippen LogP contribution in [0.3, 0.4) is 0 Å². The summed E-state index contributed by atoms with van der Waals surface area (Å²) in [6.07, 6.45) is 6.84. The second-order valence-corrected chi connectivity index (χ2v) is 10.8. The number of amides is 1. The number of H-pyrrole nitrogens is 2. The van der Waals surface area contributed by atoms with E-state index in [9.17, 15) is 4.79 Å². The average Bonchev–Trinajstić information content (AvgIpc) is 3.09.